The summed E-state index contributed by atoms with van der Waals surface area (Å²) in [5.74, 6) is 0.0508. The Labute approximate surface area is 122 Å². The van der Waals surface area contributed by atoms with Crippen LogP contribution in [0, 0.1) is 12.3 Å². The molecule has 1 fully saturated rings. The van der Waals surface area contributed by atoms with E-state index in [0.29, 0.717) is 5.41 Å². The Kier molecular flexibility index (Phi) is 4.69. The third kappa shape index (κ3) is 3.53. The van der Waals surface area contributed by atoms with Crippen LogP contribution in [0.3, 0.4) is 0 Å². The van der Waals surface area contributed by atoms with E-state index in [0.717, 1.165) is 42.7 Å². The summed E-state index contributed by atoms with van der Waals surface area (Å²) in [6, 6.07) is 5.89. The lowest BCUT2D eigenvalue weighted by Gasteiger charge is -2.14. The van der Waals surface area contributed by atoms with Crippen LogP contribution in [0.15, 0.2) is 18.2 Å². The van der Waals surface area contributed by atoms with E-state index >= 15 is 0 Å². The first-order valence-electron chi connectivity index (χ1n) is 7.73. The molecule has 0 unspecified atom stereocenters. The Morgan fingerprint density at radius 3 is 2.60 bits per heavy atom. The van der Waals surface area contributed by atoms with E-state index in [2.05, 4.69) is 24.5 Å². The highest BCUT2D eigenvalue weighted by atomic mass is 16.1. The number of rotatable bonds is 7. The molecular formula is C17H26N2O. The monoisotopic (exact) mass is 274 g/mol. The summed E-state index contributed by atoms with van der Waals surface area (Å²) in [4.78, 5) is 12.2. The maximum absolute atomic E-state index is 12.2. The van der Waals surface area contributed by atoms with Crippen LogP contribution < -0.4 is 10.6 Å². The maximum Gasteiger partial charge on any atom is 0.251 e. The lowest BCUT2D eigenvalue weighted by atomic mass is 10.0. The van der Waals surface area contributed by atoms with Gasteiger partial charge in [-0.2, -0.15) is 0 Å². The average molecular weight is 274 g/mol. The summed E-state index contributed by atoms with van der Waals surface area (Å²) in [6.07, 6.45) is 4.76. The number of nitrogens with one attached hydrogen (secondary N) is 2. The summed E-state index contributed by atoms with van der Waals surface area (Å²) in [6.45, 7) is 8.18. The van der Waals surface area contributed by atoms with E-state index in [-0.39, 0.29) is 5.91 Å². The minimum absolute atomic E-state index is 0.0508. The average Bonchev–Trinajstić information content (AvgIpc) is 3.24. The van der Waals surface area contributed by atoms with Gasteiger partial charge in [-0.25, -0.2) is 0 Å². The molecule has 2 rings (SSSR count). The van der Waals surface area contributed by atoms with E-state index < -0.39 is 0 Å². The highest BCUT2D eigenvalue weighted by Gasteiger charge is 2.40. The van der Waals surface area contributed by atoms with Crippen molar-refractivity contribution in [1.29, 1.82) is 0 Å². The molecule has 20 heavy (non-hydrogen) atoms. The molecular weight excluding hydrogens is 248 g/mol. The number of carbonyl (C=O) groups is 1. The fourth-order valence-electron chi connectivity index (χ4n) is 2.46. The normalized spacial score (nSPS) is 15.8. The number of hydrogen-bond acceptors (Lipinski definition) is 2. The van der Waals surface area contributed by atoms with Gasteiger partial charge < -0.3 is 10.6 Å². The minimum Gasteiger partial charge on any atom is -0.385 e. The van der Waals surface area contributed by atoms with E-state index in [1.165, 1.54) is 12.8 Å². The zero-order chi connectivity index (χ0) is 14.6. The Bertz CT molecular complexity index is 478. The first-order chi connectivity index (χ1) is 9.60. The quantitative estimate of drug-likeness (QED) is 0.795. The molecule has 0 aliphatic heterocycles. The molecule has 1 saturated carbocycles. The van der Waals surface area contributed by atoms with Gasteiger partial charge in [0.1, 0.15) is 0 Å². The highest BCUT2D eigenvalue weighted by Crippen LogP contribution is 2.47. The number of aryl methyl sites for hydroxylation is 1. The van der Waals surface area contributed by atoms with Gasteiger partial charge in [0.2, 0.25) is 0 Å². The summed E-state index contributed by atoms with van der Waals surface area (Å²) >= 11 is 0. The van der Waals surface area contributed by atoms with Crippen molar-refractivity contribution in [1.82, 2.24) is 5.32 Å². The number of amides is 1. The molecule has 0 bridgehead atoms. The predicted molar refractivity (Wildman–Crippen MR) is 84.3 cm³/mol. The molecule has 1 amide bonds. The van der Waals surface area contributed by atoms with Crippen LogP contribution in [0.4, 0.5) is 5.69 Å². The van der Waals surface area contributed by atoms with Crippen LogP contribution >= 0.6 is 0 Å². The molecule has 0 atom stereocenters. The minimum atomic E-state index is 0.0508. The largest absolute Gasteiger partial charge is 0.385 e. The van der Waals surface area contributed by atoms with Gasteiger partial charge in [-0.1, -0.05) is 13.8 Å². The molecule has 0 radical (unpaired) electrons. The maximum atomic E-state index is 12.2. The van der Waals surface area contributed by atoms with Crippen LogP contribution in [-0.4, -0.2) is 19.0 Å². The molecule has 1 aromatic carbocycles. The second-order valence-corrected chi connectivity index (χ2v) is 5.99. The smallest absolute Gasteiger partial charge is 0.251 e. The Balaban J connectivity index is 1.94. The second-order valence-electron chi connectivity index (χ2n) is 5.99. The van der Waals surface area contributed by atoms with Crippen molar-refractivity contribution in [3.8, 4) is 0 Å². The van der Waals surface area contributed by atoms with Gasteiger partial charge in [-0.05, 0) is 61.8 Å². The molecule has 0 heterocycles. The van der Waals surface area contributed by atoms with E-state index in [1.807, 2.05) is 25.1 Å². The van der Waals surface area contributed by atoms with Gasteiger partial charge in [-0.15, -0.1) is 0 Å². The molecule has 3 heteroatoms. The summed E-state index contributed by atoms with van der Waals surface area (Å²) in [5.41, 5.74) is 3.41. The van der Waals surface area contributed by atoms with E-state index in [1.54, 1.807) is 0 Å². The van der Waals surface area contributed by atoms with Crippen LogP contribution in [-0.2, 0) is 0 Å². The Morgan fingerprint density at radius 1 is 1.30 bits per heavy atom. The SMILES string of the molecule is CCCNc1ccc(C(=O)NCC2(CC)CC2)cc1C. The van der Waals surface area contributed by atoms with Crippen molar-refractivity contribution in [2.75, 3.05) is 18.4 Å². The third-order valence-corrected chi connectivity index (χ3v) is 4.39. The Hall–Kier alpha value is -1.51. The first kappa shape index (κ1) is 14.9. The summed E-state index contributed by atoms with van der Waals surface area (Å²) in [5, 5.41) is 6.46. The second kappa shape index (κ2) is 6.29. The van der Waals surface area contributed by atoms with Crippen LogP contribution in [0.1, 0.15) is 55.5 Å². The van der Waals surface area contributed by atoms with Crippen molar-refractivity contribution >= 4 is 11.6 Å². The van der Waals surface area contributed by atoms with Gasteiger partial charge in [0.25, 0.3) is 5.91 Å². The first-order valence-corrected chi connectivity index (χ1v) is 7.73. The van der Waals surface area contributed by atoms with Crippen molar-refractivity contribution in [3.05, 3.63) is 29.3 Å². The number of hydrogen-bond donors (Lipinski definition) is 2. The van der Waals surface area contributed by atoms with Crippen LogP contribution in [0.5, 0.6) is 0 Å². The molecule has 1 aliphatic rings. The number of benzene rings is 1. The van der Waals surface area contributed by atoms with Crippen molar-refractivity contribution in [2.45, 2.75) is 46.5 Å². The molecule has 110 valence electrons. The molecule has 0 saturated heterocycles. The van der Waals surface area contributed by atoms with Gasteiger partial charge in [0, 0.05) is 24.3 Å². The zero-order valence-electron chi connectivity index (χ0n) is 12.9. The summed E-state index contributed by atoms with van der Waals surface area (Å²) < 4.78 is 0. The number of carbonyl (C=O) groups excluding carboxylic acids is 1. The van der Waals surface area contributed by atoms with Crippen LogP contribution in [0.25, 0.3) is 0 Å². The molecule has 0 spiro atoms. The van der Waals surface area contributed by atoms with Crippen molar-refractivity contribution in [3.63, 3.8) is 0 Å². The lowest BCUT2D eigenvalue weighted by molar-refractivity contribution is 0.0944. The zero-order valence-corrected chi connectivity index (χ0v) is 12.9. The topological polar surface area (TPSA) is 41.1 Å². The van der Waals surface area contributed by atoms with Gasteiger partial charge in [0.05, 0.1) is 0 Å². The summed E-state index contributed by atoms with van der Waals surface area (Å²) in [7, 11) is 0. The predicted octanol–water partition coefficient (Wildman–Crippen LogP) is 3.74. The molecule has 2 N–H and O–H groups in total. The molecule has 0 aromatic heterocycles. The standard InChI is InChI=1S/C17H26N2O/c1-4-10-18-15-7-6-14(11-13(15)3)16(20)19-12-17(5-2)8-9-17/h6-7,11,18H,4-5,8-10,12H2,1-3H3,(H,19,20). The highest BCUT2D eigenvalue weighted by molar-refractivity contribution is 5.94. The lowest BCUT2D eigenvalue weighted by Crippen LogP contribution is -2.30. The van der Waals surface area contributed by atoms with E-state index in [9.17, 15) is 4.79 Å². The van der Waals surface area contributed by atoms with Gasteiger partial charge in [-0.3, -0.25) is 4.79 Å². The molecule has 1 aromatic rings. The fourth-order valence-corrected chi connectivity index (χ4v) is 2.46. The molecule has 1 aliphatic carbocycles. The Morgan fingerprint density at radius 2 is 2.05 bits per heavy atom. The molecule has 3 nitrogen and oxygen atoms in total. The van der Waals surface area contributed by atoms with Crippen molar-refractivity contribution < 1.29 is 4.79 Å². The number of anilines is 1. The van der Waals surface area contributed by atoms with E-state index in [4.69, 9.17) is 0 Å². The van der Waals surface area contributed by atoms with Gasteiger partial charge in [0.15, 0.2) is 0 Å². The van der Waals surface area contributed by atoms with Gasteiger partial charge >= 0.3 is 0 Å². The third-order valence-electron chi connectivity index (χ3n) is 4.39. The van der Waals surface area contributed by atoms with Crippen LogP contribution in [0.2, 0.25) is 0 Å². The fraction of sp³-hybridized carbons (Fsp3) is 0.588. The van der Waals surface area contributed by atoms with Crippen molar-refractivity contribution in [2.24, 2.45) is 5.41 Å².